The first-order valence-corrected chi connectivity index (χ1v) is 23.8. The van der Waals surface area contributed by atoms with Gasteiger partial charge in [0, 0.05) is 22.7 Å². The molecule has 0 amide bonds. The van der Waals surface area contributed by atoms with Crippen LogP contribution in [0.3, 0.4) is 0 Å². The summed E-state index contributed by atoms with van der Waals surface area (Å²) >= 11 is 0. The first kappa shape index (κ1) is 51.0. The van der Waals surface area contributed by atoms with E-state index in [-0.39, 0.29) is 45.7 Å². The average molecular weight is 857 g/mol. The summed E-state index contributed by atoms with van der Waals surface area (Å²) in [6.07, 6.45) is 12.9. The van der Waals surface area contributed by atoms with Crippen molar-refractivity contribution in [2.24, 2.45) is 32.0 Å². The first-order valence-electron chi connectivity index (χ1n) is 23.8. The number of benzene rings is 2. The van der Waals surface area contributed by atoms with Gasteiger partial charge in [-0.1, -0.05) is 141 Å². The molecule has 0 saturated carbocycles. The topological polar surface area (TPSA) is 80.1 Å². The van der Waals surface area contributed by atoms with E-state index in [1.807, 2.05) is 0 Å². The molecule has 2 aliphatic rings. The highest BCUT2D eigenvalue weighted by Gasteiger charge is 2.51. The summed E-state index contributed by atoms with van der Waals surface area (Å²) in [5.74, 6) is 1.92. The van der Waals surface area contributed by atoms with Crippen LogP contribution in [0.1, 0.15) is 171 Å². The van der Waals surface area contributed by atoms with Gasteiger partial charge in [-0.2, -0.15) is 0 Å². The van der Waals surface area contributed by atoms with Crippen LogP contribution in [0.25, 0.3) is 0 Å². The van der Waals surface area contributed by atoms with Crippen LogP contribution < -0.4 is 9.47 Å². The zero-order valence-electron chi connectivity index (χ0n) is 41.3. The van der Waals surface area contributed by atoms with Gasteiger partial charge < -0.3 is 28.6 Å². The van der Waals surface area contributed by atoms with Crippen LogP contribution in [0.4, 0.5) is 0 Å². The molecule has 2 aromatic rings. The van der Waals surface area contributed by atoms with Crippen LogP contribution in [0, 0.1) is 21.7 Å². The van der Waals surface area contributed by atoms with Gasteiger partial charge in [0.25, 0.3) is 0 Å². The Morgan fingerprint density at radius 3 is 1.23 bits per heavy atom. The monoisotopic (exact) mass is 857 g/mol. The number of rotatable bonds is 25. The number of nitrogens with zero attached hydrogens (tertiary/aromatic N) is 2. The third-order valence-corrected chi connectivity index (χ3v) is 13.4. The molecule has 4 rings (SSSR count). The van der Waals surface area contributed by atoms with Crippen LogP contribution >= 0.6 is 0 Å². The third-order valence-electron chi connectivity index (χ3n) is 13.4. The fraction of sp³-hybridized carbons (Fsp3) is 0.667. The van der Waals surface area contributed by atoms with Crippen LogP contribution in [-0.4, -0.2) is 63.3 Å². The minimum absolute atomic E-state index is 0.0355. The molecule has 0 N–H and O–H groups in total. The highest BCUT2D eigenvalue weighted by atomic mass is 16.6. The van der Waals surface area contributed by atoms with Crippen molar-refractivity contribution in [1.82, 2.24) is 0 Å². The molecule has 8 nitrogen and oxygen atoms in total. The Morgan fingerprint density at radius 1 is 0.581 bits per heavy atom. The molecule has 0 radical (unpaired) electrons. The summed E-state index contributed by atoms with van der Waals surface area (Å²) in [6.45, 7) is 34.7. The Hall–Kier alpha value is -3.62. The van der Waals surface area contributed by atoms with Crippen molar-refractivity contribution in [2.75, 3.05) is 39.6 Å². The van der Waals surface area contributed by atoms with Gasteiger partial charge in [-0.05, 0) is 111 Å². The smallest absolute Gasteiger partial charge is 0.138 e. The van der Waals surface area contributed by atoms with E-state index < -0.39 is 0 Å². The Balaban J connectivity index is 1.18. The van der Waals surface area contributed by atoms with Crippen LogP contribution in [0.5, 0.6) is 11.5 Å². The molecule has 0 fully saturated rings. The lowest BCUT2D eigenvalue weighted by atomic mass is 9.63. The van der Waals surface area contributed by atoms with Gasteiger partial charge in [0.1, 0.15) is 36.9 Å². The van der Waals surface area contributed by atoms with Crippen molar-refractivity contribution in [3.05, 3.63) is 83.0 Å². The molecule has 0 aromatic heterocycles. The number of oxime groups is 2. The maximum absolute atomic E-state index is 6.21. The molecule has 346 valence electrons. The van der Waals surface area contributed by atoms with E-state index in [9.17, 15) is 0 Å². The van der Waals surface area contributed by atoms with E-state index in [0.29, 0.717) is 39.6 Å². The van der Waals surface area contributed by atoms with Crippen molar-refractivity contribution >= 4 is 11.4 Å². The van der Waals surface area contributed by atoms with Crippen molar-refractivity contribution in [3.63, 3.8) is 0 Å². The van der Waals surface area contributed by atoms with E-state index in [1.54, 1.807) is 0 Å². The summed E-state index contributed by atoms with van der Waals surface area (Å²) in [6, 6.07) is 17.0. The van der Waals surface area contributed by atoms with Crippen molar-refractivity contribution in [1.29, 1.82) is 0 Å². The summed E-state index contributed by atoms with van der Waals surface area (Å²) in [7, 11) is 0. The van der Waals surface area contributed by atoms with E-state index in [4.69, 9.17) is 38.9 Å². The fourth-order valence-electron chi connectivity index (χ4n) is 9.36. The van der Waals surface area contributed by atoms with Gasteiger partial charge in [0.15, 0.2) is 0 Å². The summed E-state index contributed by atoms with van der Waals surface area (Å²) in [4.78, 5) is 12.4. The highest BCUT2D eigenvalue weighted by molar-refractivity contribution is 5.98. The number of hydrogen-bond acceptors (Lipinski definition) is 8. The summed E-state index contributed by atoms with van der Waals surface area (Å²) in [5, 5.41) is 9.63. The Labute approximate surface area is 377 Å². The van der Waals surface area contributed by atoms with Crippen molar-refractivity contribution in [3.8, 4) is 11.5 Å². The second-order valence-corrected chi connectivity index (χ2v) is 20.3. The average Bonchev–Trinajstić information content (AvgIpc) is 3.72. The molecule has 6 atom stereocenters. The van der Waals surface area contributed by atoms with Crippen molar-refractivity contribution in [2.45, 2.75) is 172 Å². The van der Waals surface area contributed by atoms with E-state index in [1.165, 1.54) is 22.3 Å². The predicted octanol–water partition coefficient (Wildman–Crippen LogP) is 14.1. The molecule has 0 saturated heterocycles. The maximum atomic E-state index is 6.21. The Bertz CT molecular complexity index is 1650. The molecule has 2 aromatic carbocycles. The van der Waals surface area contributed by atoms with Gasteiger partial charge >= 0.3 is 0 Å². The predicted molar refractivity (Wildman–Crippen MR) is 258 cm³/mol. The SMILES string of the molecule is CC/C=C(/C)CCC1ON=C(C(c2ccc(OCCOCCOCCOc3ccc(C(C4=NOC(CC/C(C)=C\CC)C4(C)CC)C(C)(C)C)cc3)cc2)C(C)(C)C)C1(C)CC. The van der Waals surface area contributed by atoms with E-state index in [2.05, 4.69) is 158 Å². The van der Waals surface area contributed by atoms with Gasteiger partial charge in [0.2, 0.25) is 0 Å². The summed E-state index contributed by atoms with van der Waals surface area (Å²) < 4.78 is 23.7. The van der Waals surface area contributed by atoms with Gasteiger partial charge in [-0.3, -0.25) is 0 Å². The molecular formula is C54H84N2O6. The van der Waals surface area contributed by atoms with Crippen LogP contribution in [0.2, 0.25) is 0 Å². The molecule has 2 heterocycles. The van der Waals surface area contributed by atoms with Gasteiger partial charge in [0.05, 0.1) is 37.9 Å². The van der Waals surface area contributed by atoms with E-state index >= 15 is 0 Å². The lowest BCUT2D eigenvalue weighted by Gasteiger charge is -2.38. The molecule has 2 aliphatic heterocycles. The molecular weight excluding hydrogens is 773 g/mol. The quantitative estimate of drug-likeness (QED) is 0.0731. The molecule has 62 heavy (non-hydrogen) atoms. The number of ether oxygens (including phenoxy) is 4. The van der Waals surface area contributed by atoms with Crippen molar-refractivity contribution < 1.29 is 28.6 Å². The lowest BCUT2D eigenvalue weighted by molar-refractivity contribution is 0.0229. The third kappa shape index (κ3) is 13.5. The second kappa shape index (κ2) is 23.4. The van der Waals surface area contributed by atoms with E-state index in [0.717, 1.165) is 74.3 Å². The molecule has 6 unspecified atom stereocenters. The fourth-order valence-corrected chi connectivity index (χ4v) is 9.36. The Morgan fingerprint density at radius 2 is 0.919 bits per heavy atom. The van der Waals surface area contributed by atoms with Crippen LogP contribution in [-0.2, 0) is 19.1 Å². The first-order chi connectivity index (χ1) is 29.4. The number of hydrogen-bond donors (Lipinski definition) is 0. The molecule has 0 aliphatic carbocycles. The number of allylic oxidation sites excluding steroid dienone is 4. The molecule has 8 heteroatoms. The van der Waals surface area contributed by atoms with Gasteiger partial charge in [-0.25, -0.2) is 0 Å². The zero-order valence-corrected chi connectivity index (χ0v) is 41.3. The minimum Gasteiger partial charge on any atom is -0.491 e. The Kier molecular flexibility index (Phi) is 19.2. The normalized spacial score (nSPS) is 23.1. The molecule has 0 bridgehead atoms. The van der Waals surface area contributed by atoms with Crippen LogP contribution in [0.15, 0.2) is 82.1 Å². The minimum atomic E-state index is -0.119. The summed E-state index contributed by atoms with van der Waals surface area (Å²) in [5.41, 5.74) is 7.33. The maximum Gasteiger partial charge on any atom is 0.138 e. The lowest BCUT2D eigenvalue weighted by Crippen LogP contribution is -2.41. The van der Waals surface area contributed by atoms with Gasteiger partial charge in [-0.15, -0.1) is 0 Å². The highest BCUT2D eigenvalue weighted by Crippen LogP contribution is 2.50. The standard InChI is InChI=1S/C54H84N2O6/c1-15-19-39(5)21-31-45-53(13,17-3)49(55-61-45)47(51(7,8)9)41-23-27-43(28-24-41)59-37-35-57-33-34-58-36-38-60-44-29-25-42(26-30-44)48(52(10,11)12)50-54(14,18-4)46(62-56-50)32-22-40(6)20-16-2/h19-20,23-30,45-48H,15-18,21-22,31-38H2,1-14H3/b39-19-,40-20-. The second-order valence-electron chi connectivity index (χ2n) is 20.3. The largest absolute Gasteiger partial charge is 0.491 e. The molecule has 0 spiro atoms. The zero-order chi connectivity index (χ0) is 45.6.